The van der Waals surface area contributed by atoms with Crippen LogP contribution in [-0.4, -0.2) is 43.4 Å². The summed E-state index contributed by atoms with van der Waals surface area (Å²) >= 11 is 3.44. The van der Waals surface area contributed by atoms with E-state index in [-0.39, 0.29) is 30.1 Å². The molecule has 0 saturated carbocycles. The standard InChI is InChI=1S/C21H24BrNO4S/c1-15-8-16(2)10-20(9-15)27-13-21(24)23(19-6-7-28(25,26)14-19)12-17-4-3-5-18(22)11-17/h3-5,8-11,19H,6-7,12-14H2,1-2H3. The molecule has 1 unspecified atom stereocenters. The minimum Gasteiger partial charge on any atom is -0.484 e. The van der Waals surface area contributed by atoms with Crippen LogP contribution in [0.4, 0.5) is 0 Å². The molecule has 1 aliphatic heterocycles. The molecule has 1 atom stereocenters. The van der Waals surface area contributed by atoms with Crippen molar-refractivity contribution in [1.29, 1.82) is 0 Å². The molecule has 2 aromatic rings. The Morgan fingerprint density at radius 1 is 1.18 bits per heavy atom. The Morgan fingerprint density at radius 3 is 2.50 bits per heavy atom. The van der Waals surface area contributed by atoms with E-state index in [1.54, 1.807) is 4.90 Å². The Labute approximate surface area is 174 Å². The molecule has 2 aromatic carbocycles. The third kappa shape index (κ3) is 5.58. The van der Waals surface area contributed by atoms with Crippen LogP contribution in [0.3, 0.4) is 0 Å². The molecule has 1 saturated heterocycles. The number of hydrogen-bond donors (Lipinski definition) is 0. The monoisotopic (exact) mass is 465 g/mol. The molecule has 0 aromatic heterocycles. The number of nitrogens with zero attached hydrogens (tertiary/aromatic N) is 1. The molecule has 5 nitrogen and oxygen atoms in total. The molecule has 0 bridgehead atoms. The largest absolute Gasteiger partial charge is 0.484 e. The van der Waals surface area contributed by atoms with Gasteiger partial charge in [0.15, 0.2) is 16.4 Å². The van der Waals surface area contributed by atoms with E-state index in [1.165, 1.54) is 0 Å². The van der Waals surface area contributed by atoms with E-state index in [2.05, 4.69) is 15.9 Å². The van der Waals surface area contributed by atoms with Gasteiger partial charge in [0.25, 0.3) is 5.91 Å². The number of ether oxygens (including phenoxy) is 1. The molecule has 1 aliphatic rings. The Hall–Kier alpha value is -1.86. The molecule has 150 valence electrons. The second-order valence-corrected chi connectivity index (χ2v) is 10.5. The number of carbonyl (C=O) groups is 1. The van der Waals surface area contributed by atoms with Crippen molar-refractivity contribution < 1.29 is 17.9 Å². The third-order valence-corrected chi connectivity index (χ3v) is 7.01. The summed E-state index contributed by atoms with van der Waals surface area (Å²) in [6.45, 7) is 4.19. The molecular weight excluding hydrogens is 442 g/mol. The first-order valence-electron chi connectivity index (χ1n) is 9.17. The highest BCUT2D eigenvalue weighted by atomic mass is 79.9. The maximum Gasteiger partial charge on any atom is 0.261 e. The first-order chi connectivity index (χ1) is 13.2. The summed E-state index contributed by atoms with van der Waals surface area (Å²) < 4.78 is 30.6. The molecule has 7 heteroatoms. The number of benzene rings is 2. The van der Waals surface area contributed by atoms with Gasteiger partial charge in [-0.05, 0) is 61.2 Å². The number of hydrogen-bond acceptors (Lipinski definition) is 4. The van der Waals surface area contributed by atoms with Gasteiger partial charge in [0.2, 0.25) is 0 Å². The van der Waals surface area contributed by atoms with E-state index in [1.807, 2.05) is 56.3 Å². The van der Waals surface area contributed by atoms with Gasteiger partial charge in [0.05, 0.1) is 11.5 Å². The third-order valence-electron chi connectivity index (χ3n) is 4.77. The van der Waals surface area contributed by atoms with E-state index < -0.39 is 9.84 Å². The van der Waals surface area contributed by atoms with Crippen molar-refractivity contribution in [3.8, 4) is 5.75 Å². The minimum atomic E-state index is -3.10. The lowest BCUT2D eigenvalue weighted by molar-refractivity contribution is -0.136. The van der Waals surface area contributed by atoms with E-state index in [4.69, 9.17) is 4.74 Å². The minimum absolute atomic E-state index is 0.0102. The number of halogens is 1. The van der Waals surface area contributed by atoms with Crippen molar-refractivity contribution in [2.24, 2.45) is 0 Å². The molecule has 0 radical (unpaired) electrons. The highest BCUT2D eigenvalue weighted by Crippen LogP contribution is 2.22. The Kier molecular flexibility index (Phi) is 6.45. The predicted octanol–water partition coefficient (Wildman–Crippen LogP) is 3.66. The highest BCUT2D eigenvalue weighted by Gasteiger charge is 2.34. The fourth-order valence-corrected chi connectivity index (χ4v) is 5.70. The lowest BCUT2D eigenvalue weighted by Crippen LogP contribution is -2.43. The molecule has 0 spiro atoms. The lowest BCUT2D eigenvalue weighted by Gasteiger charge is -2.28. The number of aryl methyl sites for hydroxylation is 2. The van der Waals surface area contributed by atoms with E-state index in [0.29, 0.717) is 18.7 Å². The molecule has 0 N–H and O–H groups in total. The second kappa shape index (κ2) is 8.66. The van der Waals surface area contributed by atoms with Crippen LogP contribution in [0.15, 0.2) is 46.9 Å². The molecule has 0 aliphatic carbocycles. The molecule has 1 heterocycles. The van der Waals surface area contributed by atoms with Crippen LogP contribution in [-0.2, 0) is 21.2 Å². The van der Waals surface area contributed by atoms with Gasteiger partial charge in [0, 0.05) is 17.1 Å². The van der Waals surface area contributed by atoms with Crippen molar-refractivity contribution in [1.82, 2.24) is 4.90 Å². The van der Waals surface area contributed by atoms with Crippen LogP contribution in [0, 0.1) is 13.8 Å². The van der Waals surface area contributed by atoms with Crippen LogP contribution < -0.4 is 4.74 Å². The first kappa shape index (κ1) is 20.9. The van der Waals surface area contributed by atoms with Crippen molar-refractivity contribution in [3.63, 3.8) is 0 Å². The lowest BCUT2D eigenvalue weighted by atomic mass is 10.1. The normalized spacial score (nSPS) is 18.0. The van der Waals surface area contributed by atoms with Crippen LogP contribution in [0.25, 0.3) is 0 Å². The molecule has 3 rings (SSSR count). The number of amides is 1. The van der Waals surface area contributed by atoms with Gasteiger partial charge in [-0.25, -0.2) is 8.42 Å². The second-order valence-electron chi connectivity index (χ2n) is 7.32. The van der Waals surface area contributed by atoms with Crippen molar-refractivity contribution in [2.75, 3.05) is 18.1 Å². The summed E-state index contributed by atoms with van der Waals surface area (Å²) in [5, 5.41) is 0. The zero-order valence-electron chi connectivity index (χ0n) is 16.0. The number of sulfone groups is 1. The maximum absolute atomic E-state index is 13.0. The first-order valence-corrected chi connectivity index (χ1v) is 11.8. The fourth-order valence-electron chi connectivity index (χ4n) is 3.52. The van der Waals surface area contributed by atoms with Gasteiger partial charge >= 0.3 is 0 Å². The van der Waals surface area contributed by atoms with Gasteiger partial charge in [-0.15, -0.1) is 0 Å². The summed E-state index contributed by atoms with van der Waals surface area (Å²) in [6, 6.07) is 13.2. The topological polar surface area (TPSA) is 63.7 Å². The smallest absolute Gasteiger partial charge is 0.261 e. The fraction of sp³-hybridized carbons (Fsp3) is 0.381. The van der Waals surface area contributed by atoms with Crippen molar-refractivity contribution >= 4 is 31.7 Å². The van der Waals surface area contributed by atoms with Gasteiger partial charge in [-0.3, -0.25) is 4.79 Å². The van der Waals surface area contributed by atoms with Gasteiger partial charge < -0.3 is 9.64 Å². The van der Waals surface area contributed by atoms with Gasteiger partial charge in [-0.2, -0.15) is 0 Å². The quantitative estimate of drug-likeness (QED) is 0.652. The highest BCUT2D eigenvalue weighted by molar-refractivity contribution is 9.10. The van der Waals surface area contributed by atoms with Crippen molar-refractivity contribution in [3.05, 3.63) is 63.6 Å². The molecule has 28 heavy (non-hydrogen) atoms. The van der Waals surface area contributed by atoms with Crippen molar-refractivity contribution in [2.45, 2.75) is 32.9 Å². The van der Waals surface area contributed by atoms with E-state index >= 15 is 0 Å². The molecule has 1 fully saturated rings. The maximum atomic E-state index is 13.0. The van der Waals surface area contributed by atoms with Crippen LogP contribution in [0.1, 0.15) is 23.1 Å². The van der Waals surface area contributed by atoms with Gasteiger partial charge in [-0.1, -0.05) is 34.1 Å². The van der Waals surface area contributed by atoms with Crippen LogP contribution in [0.5, 0.6) is 5.75 Å². The Morgan fingerprint density at radius 2 is 1.89 bits per heavy atom. The summed E-state index contributed by atoms with van der Waals surface area (Å²) in [6.07, 6.45) is 0.464. The summed E-state index contributed by atoms with van der Waals surface area (Å²) in [5.74, 6) is 0.572. The van der Waals surface area contributed by atoms with Crippen LogP contribution in [0.2, 0.25) is 0 Å². The summed E-state index contributed by atoms with van der Waals surface area (Å²) in [4.78, 5) is 14.6. The average molecular weight is 466 g/mol. The molecule has 1 amide bonds. The summed E-state index contributed by atoms with van der Waals surface area (Å²) in [5.41, 5.74) is 3.07. The molecular formula is C21H24BrNO4S. The van der Waals surface area contributed by atoms with E-state index in [0.717, 1.165) is 21.2 Å². The van der Waals surface area contributed by atoms with Gasteiger partial charge in [0.1, 0.15) is 5.75 Å². The Bertz CT molecular complexity index is 954. The van der Waals surface area contributed by atoms with Crippen LogP contribution >= 0.6 is 15.9 Å². The Balaban J connectivity index is 1.76. The number of rotatable bonds is 6. The predicted molar refractivity (Wildman–Crippen MR) is 113 cm³/mol. The number of carbonyl (C=O) groups excluding carboxylic acids is 1. The summed E-state index contributed by atoms with van der Waals surface area (Å²) in [7, 11) is -3.10. The zero-order valence-corrected chi connectivity index (χ0v) is 18.4. The zero-order chi connectivity index (χ0) is 20.3. The average Bonchev–Trinajstić information content (AvgIpc) is 2.96. The SMILES string of the molecule is Cc1cc(C)cc(OCC(=O)N(Cc2cccc(Br)c2)C2CCS(=O)(=O)C2)c1. The van der Waals surface area contributed by atoms with E-state index in [9.17, 15) is 13.2 Å².